The summed E-state index contributed by atoms with van der Waals surface area (Å²) in [6.45, 7) is 3.14. The average molecular weight is 717 g/mol. The second kappa shape index (κ2) is 16.4. The number of hydrogen-bond donors (Lipinski definition) is 1. The number of anilines is 1. The third kappa shape index (κ3) is 9.20. The molecule has 8 nitrogen and oxygen atoms in total. The molecule has 47 heavy (non-hydrogen) atoms. The molecule has 0 fully saturated rings. The largest absolute Gasteiger partial charge is 0.495 e. The van der Waals surface area contributed by atoms with Crippen LogP contribution in [0.15, 0.2) is 102 Å². The highest BCUT2D eigenvalue weighted by Crippen LogP contribution is 2.32. The summed E-state index contributed by atoms with van der Waals surface area (Å²) < 4.78 is 34.6. The van der Waals surface area contributed by atoms with Crippen LogP contribution in [-0.4, -0.2) is 50.9 Å². The molecule has 4 rings (SSSR count). The second-order valence-electron chi connectivity index (χ2n) is 10.9. The quantitative estimate of drug-likeness (QED) is 0.147. The summed E-state index contributed by atoms with van der Waals surface area (Å²) in [4.78, 5) is 29.9. The van der Waals surface area contributed by atoms with Crippen LogP contribution in [0.25, 0.3) is 0 Å². The fourth-order valence-corrected chi connectivity index (χ4v) is 6.89. The molecule has 0 aromatic heterocycles. The first-order chi connectivity index (χ1) is 22.4. The molecule has 0 saturated carbocycles. The van der Waals surface area contributed by atoms with Crippen LogP contribution in [0.4, 0.5) is 5.69 Å². The van der Waals surface area contributed by atoms with Crippen molar-refractivity contribution in [2.24, 2.45) is 0 Å². The van der Waals surface area contributed by atoms with Crippen LogP contribution >= 0.6 is 34.8 Å². The van der Waals surface area contributed by atoms with Crippen molar-refractivity contribution in [2.45, 2.75) is 50.2 Å². The zero-order valence-electron chi connectivity index (χ0n) is 26.2. The van der Waals surface area contributed by atoms with E-state index in [0.29, 0.717) is 22.8 Å². The van der Waals surface area contributed by atoms with Gasteiger partial charge in [0.05, 0.1) is 32.8 Å². The molecule has 0 aliphatic heterocycles. The van der Waals surface area contributed by atoms with E-state index in [9.17, 15) is 18.0 Å². The van der Waals surface area contributed by atoms with Crippen LogP contribution in [0.1, 0.15) is 31.4 Å². The molecule has 2 atom stereocenters. The van der Waals surface area contributed by atoms with E-state index in [1.54, 1.807) is 36.4 Å². The van der Waals surface area contributed by atoms with E-state index in [2.05, 4.69) is 5.32 Å². The summed E-state index contributed by atoms with van der Waals surface area (Å²) in [7, 11) is -2.84. The molecule has 0 radical (unpaired) electrons. The number of methoxy groups -OCH3 is 1. The van der Waals surface area contributed by atoms with Gasteiger partial charge in [0, 0.05) is 19.0 Å². The molecule has 12 heteroatoms. The fourth-order valence-electron chi connectivity index (χ4n) is 4.89. The Labute approximate surface area is 291 Å². The van der Waals surface area contributed by atoms with Crippen molar-refractivity contribution in [3.05, 3.63) is 123 Å². The Bertz CT molecular complexity index is 1790. The summed E-state index contributed by atoms with van der Waals surface area (Å²) >= 11 is 19.0. The SMILES string of the molecule is CC[C@@H](C)NC(=O)[C@H](Cc1ccccc1)N(Cc1ccc(Cl)c(Cl)c1)C(=O)CN(c1ccc(OC)c(Cl)c1)S(=O)(=O)c1ccccc1. The van der Waals surface area contributed by atoms with Crippen molar-refractivity contribution >= 4 is 62.3 Å². The van der Waals surface area contributed by atoms with Gasteiger partial charge < -0.3 is 15.0 Å². The average Bonchev–Trinajstić information content (AvgIpc) is 3.07. The Hall–Kier alpha value is -3.76. The highest BCUT2D eigenvalue weighted by atomic mass is 35.5. The lowest BCUT2D eigenvalue weighted by Gasteiger charge is -2.34. The smallest absolute Gasteiger partial charge is 0.264 e. The Morgan fingerprint density at radius 2 is 1.49 bits per heavy atom. The van der Waals surface area contributed by atoms with E-state index >= 15 is 0 Å². The minimum absolute atomic E-state index is 0.0221. The molecule has 0 heterocycles. The van der Waals surface area contributed by atoms with Gasteiger partial charge in [-0.2, -0.15) is 0 Å². The first-order valence-electron chi connectivity index (χ1n) is 14.9. The van der Waals surface area contributed by atoms with E-state index in [0.717, 1.165) is 9.87 Å². The number of hydrogen-bond acceptors (Lipinski definition) is 5. The van der Waals surface area contributed by atoms with Gasteiger partial charge in [-0.3, -0.25) is 13.9 Å². The maximum atomic E-state index is 14.6. The molecule has 0 unspecified atom stereocenters. The van der Waals surface area contributed by atoms with Crippen molar-refractivity contribution in [1.29, 1.82) is 0 Å². The van der Waals surface area contributed by atoms with Crippen LogP contribution in [0, 0.1) is 0 Å². The number of sulfonamides is 1. The normalized spacial score (nSPS) is 12.6. The van der Waals surface area contributed by atoms with Gasteiger partial charge >= 0.3 is 0 Å². The molecule has 0 spiro atoms. The highest BCUT2D eigenvalue weighted by Gasteiger charge is 2.35. The Balaban J connectivity index is 1.84. The van der Waals surface area contributed by atoms with E-state index in [1.807, 2.05) is 44.2 Å². The van der Waals surface area contributed by atoms with Crippen LogP contribution in [0.5, 0.6) is 5.75 Å². The summed E-state index contributed by atoms with van der Waals surface area (Å²) in [6, 6.07) is 25.3. The molecule has 0 bridgehead atoms. The summed E-state index contributed by atoms with van der Waals surface area (Å²) in [5.74, 6) is -0.658. The molecular weight excluding hydrogens is 681 g/mol. The van der Waals surface area contributed by atoms with Gasteiger partial charge in [0.1, 0.15) is 18.3 Å². The minimum Gasteiger partial charge on any atom is -0.495 e. The van der Waals surface area contributed by atoms with Gasteiger partial charge in [0.15, 0.2) is 0 Å². The predicted octanol–water partition coefficient (Wildman–Crippen LogP) is 7.41. The van der Waals surface area contributed by atoms with Gasteiger partial charge in [-0.25, -0.2) is 8.42 Å². The first-order valence-corrected chi connectivity index (χ1v) is 17.5. The summed E-state index contributed by atoms with van der Waals surface area (Å²) in [5, 5.41) is 3.78. The lowest BCUT2D eigenvalue weighted by molar-refractivity contribution is -0.140. The monoisotopic (exact) mass is 715 g/mol. The molecule has 2 amide bonds. The Kier molecular flexibility index (Phi) is 12.6. The fraction of sp³-hybridized carbons (Fsp3) is 0.257. The standard InChI is InChI=1S/C35H36Cl3N3O5S/c1-4-24(2)39-35(43)32(20-25-11-7-5-8-12-25)40(22-26-15-17-29(36)30(37)19-26)34(42)23-41(27-16-18-33(46-3)31(38)21-27)47(44,45)28-13-9-6-10-14-28/h5-19,21,24,32H,4,20,22-23H2,1-3H3,(H,39,43)/t24-,32+/m1/s1. The number of ether oxygens (including phenoxy) is 1. The maximum Gasteiger partial charge on any atom is 0.264 e. The second-order valence-corrected chi connectivity index (χ2v) is 14.0. The van der Waals surface area contributed by atoms with Crippen LogP contribution < -0.4 is 14.4 Å². The van der Waals surface area contributed by atoms with E-state index in [1.165, 1.54) is 42.3 Å². The van der Waals surface area contributed by atoms with Gasteiger partial charge in [-0.15, -0.1) is 0 Å². The van der Waals surface area contributed by atoms with Crippen molar-refractivity contribution in [1.82, 2.24) is 10.2 Å². The summed E-state index contributed by atoms with van der Waals surface area (Å²) in [5.41, 5.74) is 1.57. The molecule has 0 aliphatic carbocycles. The van der Waals surface area contributed by atoms with Gasteiger partial charge in [-0.05, 0) is 66.9 Å². The van der Waals surface area contributed by atoms with Crippen molar-refractivity contribution < 1.29 is 22.7 Å². The molecular formula is C35H36Cl3N3O5S. The van der Waals surface area contributed by atoms with E-state index in [4.69, 9.17) is 39.5 Å². The van der Waals surface area contributed by atoms with E-state index in [-0.39, 0.29) is 45.5 Å². The topological polar surface area (TPSA) is 96.0 Å². The number of rotatable bonds is 14. The Morgan fingerprint density at radius 1 is 0.830 bits per heavy atom. The number of carbonyl (C=O) groups is 2. The number of carbonyl (C=O) groups excluding carboxylic acids is 2. The molecule has 248 valence electrons. The maximum absolute atomic E-state index is 14.6. The van der Waals surface area contributed by atoms with Gasteiger partial charge in [0.2, 0.25) is 11.8 Å². The van der Waals surface area contributed by atoms with Crippen LogP contribution in [-0.2, 0) is 32.6 Å². The molecule has 4 aromatic carbocycles. The number of nitrogens with zero attached hydrogens (tertiary/aromatic N) is 2. The van der Waals surface area contributed by atoms with Gasteiger partial charge in [-0.1, -0.05) is 96.3 Å². The first kappa shape index (κ1) is 36.1. The van der Waals surface area contributed by atoms with Crippen LogP contribution in [0.3, 0.4) is 0 Å². The molecule has 0 saturated heterocycles. The third-order valence-corrected chi connectivity index (χ3v) is 10.5. The zero-order valence-corrected chi connectivity index (χ0v) is 29.3. The number of nitrogens with one attached hydrogen (secondary N) is 1. The van der Waals surface area contributed by atoms with Gasteiger partial charge in [0.25, 0.3) is 10.0 Å². The van der Waals surface area contributed by atoms with Crippen LogP contribution in [0.2, 0.25) is 15.1 Å². The minimum atomic E-state index is -4.28. The molecule has 1 N–H and O–H groups in total. The van der Waals surface area contributed by atoms with E-state index < -0.39 is 28.5 Å². The predicted molar refractivity (Wildman–Crippen MR) is 188 cm³/mol. The van der Waals surface area contributed by atoms with Crippen molar-refractivity contribution in [2.75, 3.05) is 18.0 Å². The number of benzene rings is 4. The number of amides is 2. The highest BCUT2D eigenvalue weighted by molar-refractivity contribution is 7.92. The lowest BCUT2D eigenvalue weighted by atomic mass is 10.0. The summed E-state index contributed by atoms with van der Waals surface area (Å²) in [6.07, 6.45) is 0.849. The lowest BCUT2D eigenvalue weighted by Crippen LogP contribution is -2.54. The zero-order chi connectivity index (χ0) is 34.1. The number of halogens is 3. The molecule has 0 aliphatic rings. The molecule has 4 aromatic rings. The van der Waals surface area contributed by atoms with Crippen molar-refractivity contribution in [3.63, 3.8) is 0 Å². The third-order valence-electron chi connectivity index (χ3n) is 7.64. The van der Waals surface area contributed by atoms with Crippen molar-refractivity contribution in [3.8, 4) is 5.75 Å². The Morgan fingerprint density at radius 3 is 2.09 bits per heavy atom.